The smallest absolute Gasteiger partial charge is 0.497 e. The molecule has 0 fully saturated rings. The number of methoxy groups -OCH3 is 1. The molecule has 0 radical (unpaired) electrons. The highest BCUT2D eigenvalue weighted by Gasteiger charge is 2.20. The number of aromatic nitrogens is 1. The molecule has 2 aromatic carbocycles. The fourth-order valence-corrected chi connectivity index (χ4v) is 2.36. The average Bonchev–Trinajstić information content (AvgIpc) is 3.00. The zero-order valence-corrected chi connectivity index (χ0v) is 15.7. The van der Waals surface area contributed by atoms with Crippen LogP contribution in [-0.4, -0.2) is 14.4 Å². The van der Waals surface area contributed by atoms with Crippen LogP contribution in [0.2, 0.25) is 0 Å². The highest BCUT2D eigenvalue weighted by Crippen LogP contribution is 2.21. The largest absolute Gasteiger partial charge is 0.673 e. The second-order valence-electron chi connectivity index (χ2n) is 5.99. The number of hydrogen-bond donors (Lipinski definition) is 0. The highest BCUT2D eigenvalue weighted by atomic mass is 19.5. The van der Waals surface area contributed by atoms with Crippen molar-refractivity contribution in [2.75, 3.05) is 7.11 Å². The molecule has 0 unspecified atom stereocenters. The Kier molecular flexibility index (Phi) is 7.03. The predicted octanol–water partition coefficient (Wildman–Crippen LogP) is 5.56. The Balaban J connectivity index is 0.000000500. The Labute approximate surface area is 160 Å². The Morgan fingerprint density at radius 3 is 2.04 bits per heavy atom. The van der Waals surface area contributed by atoms with Crippen molar-refractivity contribution in [3.63, 3.8) is 0 Å². The zero-order valence-electron chi connectivity index (χ0n) is 15.7. The van der Waals surface area contributed by atoms with Gasteiger partial charge in [0.15, 0.2) is 7.05 Å². The van der Waals surface area contributed by atoms with Crippen molar-refractivity contribution in [2.45, 2.75) is 6.92 Å². The van der Waals surface area contributed by atoms with E-state index in [0.717, 1.165) is 28.3 Å². The third-order valence-electron chi connectivity index (χ3n) is 3.78. The lowest BCUT2D eigenvalue weighted by atomic mass is 10.1. The molecule has 0 saturated carbocycles. The summed E-state index contributed by atoms with van der Waals surface area (Å²) in [6.45, 7) is 2.08. The van der Waals surface area contributed by atoms with Gasteiger partial charge in [-0.25, -0.2) is 4.52 Å². The van der Waals surface area contributed by atoms with Gasteiger partial charge >= 0.3 is 7.25 Å². The third kappa shape index (κ3) is 6.94. The Morgan fingerprint density at radius 2 is 1.50 bits per heavy atom. The SMILES string of the molecule is COc1ccc(/C=C/c2cc(-c3ccc(C)cc3)o[n+]2C)cc1.F[B-](F)(F)F. The van der Waals surface area contributed by atoms with Crippen molar-refractivity contribution in [1.29, 1.82) is 0 Å². The van der Waals surface area contributed by atoms with Gasteiger partial charge in [-0.1, -0.05) is 42.0 Å². The molecular formula is C20H20BF4NO2. The summed E-state index contributed by atoms with van der Waals surface area (Å²) in [5.74, 6) is 1.72. The van der Waals surface area contributed by atoms with Gasteiger partial charge < -0.3 is 22.0 Å². The molecule has 0 N–H and O–H groups in total. The normalized spacial score (nSPS) is 11.2. The van der Waals surface area contributed by atoms with Crippen LogP contribution in [0.1, 0.15) is 16.8 Å². The minimum absolute atomic E-state index is 0.859. The van der Waals surface area contributed by atoms with Crippen LogP contribution in [0.25, 0.3) is 23.5 Å². The standard InChI is InChI=1S/C20H20NO2.BF4/c1-15-4-9-17(10-5-15)20-14-18(21(2)23-20)11-6-16-7-12-19(22-3)13-8-16;2-1(3,4)5/h4-14H,1-3H3;/q+1;-1/b11-6+;. The Hall–Kier alpha value is -3.03. The molecule has 0 aliphatic rings. The van der Waals surface area contributed by atoms with Crippen LogP contribution >= 0.6 is 0 Å². The molecule has 0 aliphatic carbocycles. The lowest BCUT2D eigenvalue weighted by Crippen LogP contribution is -2.27. The van der Waals surface area contributed by atoms with Crippen LogP contribution in [-0.2, 0) is 7.05 Å². The van der Waals surface area contributed by atoms with Gasteiger partial charge in [0.2, 0.25) is 5.76 Å². The molecule has 8 heteroatoms. The molecule has 0 saturated heterocycles. The van der Waals surface area contributed by atoms with E-state index in [1.807, 2.05) is 43.5 Å². The average molecular weight is 393 g/mol. The van der Waals surface area contributed by atoms with Gasteiger partial charge in [0.25, 0.3) is 5.69 Å². The summed E-state index contributed by atoms with van der Waals surface area (Å²) < 4.78 is 51.8. The van der Waals surface area contributed by atoms with Crippen LogP contribution in [0.4, 0.5) is 17.3 Å². The summed E-state index contributed by atoms with van der Waals surface area (Å²) in [6.07, 6.45) is 4.10. The van der Waals surface area contributed by atoms with E-state index in [4.69, 9.17) is 9.26 Å². The lowest BCUT2D eigenvalue weighted by Gasteiger charge is -1.98. The van der Waals surface area contributed by atoms with E-state index in [9.17, 15) is 17.3 Å². The summed E-state index contributed by atoms with van der Waals surface area (Å²) >= 11 is 0. The van der Waals surface area contributed by atoms with Crippen LogP contribution in [0.5, 0.6) is 5.75 Å². The first-order chi connectivity index (χ1) is 13.2. The van der Waals surface area contributed by atoms with Gasteiger partial charge in [-0.2, -0.15) is 0 Å². The van der Waals surface area contributed by atoms with Crippen molar-refractivity contribution in [3.05, 3.63) is 71.4 Å². The number of ether oxygens (including phenoxy) is 1. The number of aryl methyl sites for hydroxylation is 2. The van der Waals surface area contributed by atoms with Crippen molar-refractivity contribution in [3.8, 4) is 17.1 Å². The molecule has 0 bridgehead atoms. The van der Waals surface area contributed by atoms with Crippen LogP contribution < -0.4 is 9.48 Å². The monoisotopic (exact) mass is 393 g/mol. The van der Waals surface area contributed by atoms with E-state index in [1.165, 1.54) is 5.56 Å². The van der Waals surface area contributed by atoms with Crippen LogP contribution in [0.3, 0.4) is 0 Å². The molecule has 3 nitrogen and oxygen atoms in total. The summed E-state index contributed by atoms with van der Waals surface area (Å²) in [4.78, 5) is 0. The highest BCUT2D eigenvalue weighted by molar-refractivity contribution is 6.50. The minimum atomic E-state index is -6.00. The molecular weight excluding hydrogens is 373 g/mol. The van der Waals surface area contributed by atoms with Gasteiger partial charge in [-0.3, -0.25) is 0 Å². The molecule has 0 spiro atoms. The number of hydrogen-bond acceptors (Lipinski definition) is 2. The maximum Gasteiger partial charge on any atom is 0.673 e. The van der Waals surface area contributed by atoms with Crippen molar-refractivity contribution in [1.82, 2.24) is 0 Å². The maximum absolute atomic E-state index is 9.75. The van der Waals surface area contributed by atoms with Crippen LogP contribution in [0.15, 0.2) is 59.1 Å². The Morgan fingerprint density at radius 1 is 0.929 bits per heavy atom. The molecule has 28 heavy (non-hydrogen) atoms. The number of nitrogens with zero attached hydrogens (tertiary/aromatic N) is 1. The summed E-state index contributed by atoms with van der Waals surface area (Å²) in [5.41, 5.74) is 4.44. The van der Waals surface area contributed by atoms with Crippen molar-refractivity contribution >= 4 is 19.4 Å². The fraction of sp³-hybridized carbons (Fsp3) is 0.150. The van der Waals surface area contributed by atoms with Crippen molar-refractivity contribution < 1.29 is 31.3 Å². The Bertz CT molecular complexity index is 911. The summed E-state index contributed by atoms with van der Waals surface area (Å²) in [5, 5.41) is 0. The second kappa shape index (κ2) is 9.26. The molecule has 3 aromatic rings. The molecule has 3 rings (SSSR count). The number of benzene rings is 2. The molecule has 148 valence electrons. The van der Waals surface area contributed by atoms with Gasteiger partial charge in [0.1, 0.15) is 5.75 Å². The first-order valence-electron chi connectivity index (χ1n) is 8.42. The predicted molar refractivity (Wildman–Crippen MR) is 102 cm³/mol. The quantitative estimate of drug-likeness (QED) is 0.330. The number of halogens is 4. The summed E-state index contributed by atoms with van der Waals surface area (Å²) in [7, 11) is -2.42. The lowest BCUT2D eigenvalue weighted by molar-refractivity contribution is -0.844. The van der Waals surface area contributed by atoms with E-state index in [-0.39, 0.29) is 0 Å². The maximum atomic E-state index is 9.75. The van der Waals surface area contributed by atoms with E-state index in [0.29, 0.717) is 0 Å². The van der Waals surface area contributed by atoms with E-state index >= 15 is 0 Å². The van der Waals surface area contributed by atoms with E-state index in [2.05, 4.69) is 37.3 Å². The molecule has 0 atom stereocenters. The van der Waals surface area contributed by atoms with Gasteiger partial charge in [0, 0.05) is 11.6 Å². The molecule has 0 amide bonds. The van der Waals surface area contributed by atoms with Gasteiger partial charge in [0.05, 0.1) is 13.2 Å². The van der Waals surface area contributed by atoms with Gasteiger partial charge in [-0.05, 0) is 35.4 Å². The fourth-order valence-electron chi connectivity index (χ4n) is 2.36. The van der Waals surface area contributed by atoms with Crippen molar-refractivity contribution in [2.24, 2.45) is 7.05 Å². The van der Waals surface area contributed by atoms with Crippen LogP contribution in [0, 0.1) is 6.92 Å². The first kappa shape index (κ1) is 21.3. The molecule has 0 aliphatic heterocycles. The molecule has 1 heterocycles. The molecule has 1 aromatic heterocycles. The summed E-state index contributed by atoms with van der Waals surface area (Å²) in [6, 6.07) is 18.3. The first-order valence-corrected chi connectivity index (χ1v) is 8.42. The minimum Gasteiger partial charge on any atom is -0.497 e. The zero-order chi connectivity index (χ0) is 20.7. The second-order valence-corrected chi connectivity index (χ2v) is 5.99. The van der Waals surface area contributed by atoms with E-state index in [1.54, 1.807) is 11.8 Å². The number of rotatable bonds is 4. The topological polar surface area (TPSA) is 26.2 Å². The van der Waals surface area contributed by atoms with Gasteiger partial charge in [-0.15, -0.1) is 0 Å². The van der Waals surface area contributed by atoms with E-state index < -0.39 is 7.25 Å². The third-order valence-corrected chi connectivity index (χ3v) is 3.78.